The number of piperazine rings is 1. The van der Waals surface area contributed by atoms with Crippen LogP contribution in [0.5, 0.6) is 11.5 Å². The number of amides is 1. The Morgan fingerprint density at radius 3 is 2.39 bits per heavy atom. The van der Waals surface area contributed by atoms with Gasteiger partial charge >= 0.3 is 12.4 Å². The first-order valence-electron chi connectivity index (χ1n) is 13.5. The third kappa shape index (κ3) is 7.77. The van der Waals surface area contributed by atoms with Crippen molar-refractivity contribution in [1.82, 2.24) is 9.80 Å². The van der Waals surface area contributed by atoms with Crippen molar-refractivity contribution in [2.24, 2.45) is 4.99 Å². The van der Waals surface area contributed by atoms with Gasteiger partial charge in [-0.3, -0.25) is 9.69 Å². The Bertz CT molecular complexity index is 1550. The van der Waals surface area contributed by atoms with Crippen LogP contribution in [0.4, 0.5) is 26.3 Å². The summed E-state index contributed by atoms with van der Waals surface area (Å²) in [6.07, 6.45) is -7.28. The molecule has 6 nitrogen and oxygen atoms in total. The number of thioether (sulfide) groups is 1. The number of methoxy groups -OCH3 is 1. The molecule has 0 atom stereocenters. The van der Waals surface area contributed by atoms with Gasteiger partial charge in [0.15, 0.2) is 16.7 Å². The predicted molar refractivity (Wildman–Crippen MR) is 158 cm³/mol. The van der Waals surface area contributed by atoms with Crippen molar-refractivity contribution in [1.29, 1.82) is 0 Å². The summed E-state index contributed by atoms with van der Waals surface area (Å²) in [6, 6.07) is 10.2. The molecular weight excluding hydrogens is 628 g/mol. The number of nitrogens with zero attached hydrogens (tertiary/aromatic N) is 3. The van der Waals surface area contributed by atoms with Crippen molar-refractivity contribution in [2.75, 3.05) is 39.8 Å². The molecule has 0 saturated carbocycles. The van der Waals surface area contributed by atoms with Gasteiger partial charge in [-0.15, -0.1) is 11.3 Å². The van der Waals surface area contributed by atoms with Gasteiger partial charge in [0.1, 0.15) is 6.61 Å². The maximum Gasteiger partial charge on any atom is 0.416 e. The first-order chi connectivity index (χ1) is 20.9. The summed E-state index contributed by atoms with van der Waals surface area (Å²) >= 11 is 3.03. The molecule has 1 amide bonds. The van der Waals surface area contributed by atoms with Crippen molar-refractivity contribution >= 4 is 40.2 Å². The van der Waals surface area contributed by atoms with Gasteiger partial charge in [0.2, 0.25) is 0 Å². The minimum atomic E-state index is -5.01. The van der Waals surface area contributed by atoms with Crippen molar-refractivity contribution in [3.05, 3.63) is 85.9 Å². The third-order valence-electron chi connectivity index (χ3n) is 7.12. The van der Waals surface area contributed by atoms with Crippen molar-refractivity contribution in [3.8, 4) is 11.5 Å². The number of carbonyl (C=O) groups is 1. The zero-order valence-corrected chi connectivity index (χ0v) is 25.0. The minimum absolute atomic E-state index is 0.0735. The van der Waals surface area contributed by atoms with Gasteiger partial charge in [0.05, 0.1) is 23.1 Å². The van der Waals surface area contributed by atoms with Gasteiger partial charge in [-0.25, -0.2) is 0 Å². The molecule has 0 aliphatic carbocycles. The van der Waals surface area contributed by atoms with Crippen LogP contribution in [-0.4, -0.2) is 60.7 Å². The lowest BCUT2D eigenvalue weighted by Gasteiger charge is -2.35. The highest BCUT2D eigenvalue weighted by molar-refractivity contribution is 8.18. The van der Waals surface area contributed by atoms with Crippen LogP contribution < -0.4 is 9.47 Å². The van der Waals surface area contributed by atoms with Crippen LogP contribution in [0.3, 0.4) is 0 Å². The van der Waals surface area contributed by atoms with Crippen molar-refractivity contribution in [3.63, 3.8) is 0 Å². The second kappa shape index (κ2) is 13.2. The number of thiophene rings is 1. The molecule has 14 heteroatoms. The van der Waals surface area contributed by atoms with Gasteiger partial charge in [0, 0.05) is 43.2 Å². The average molecular weight is 656 g/mol. The summed E-state index contributed by atoms with van der Waals surface area (Å²) in [6.45, 7) is 3.59. The van der Waals surface area contributed by atoms with E-state index in [9.17, 15) is 31.1 Å². The largest absolute Gasteiger partial charge is 0.493 e. The van der Waals surface area contributed by atoms with Crippen molar-refractivity contribution < 1.29 is 40.6 Å². The molecule has 5 rings (SSSR count). The van der Waals surface area contributed by atoms with E-state index >= 15 is 0 Å². The summed E-state index contributed by atoms with van der Waals surface area (Å²) in [5, 5.41) is 2.72. The molecule has 0 bridgehead atoms. The highest BCUT2D eigenvalue weighted by atomic mass is 32.2. The second-order valence-electron chi connectivity index (χ2n) is 10.0. The van der Waals surface area contributed by atoms with E-state index in [1.807, 2.05) is 0 Å². The van der Waals surface area contributed by atoms with Gasteiger partial charge in [-0.2, -0.15) is 31.3 Å². The molecule has 1 saturated heterocycles. The maximum atomic E-state index is 13.5. The molecular formula is C30H27F6N3O3S2. The van der Waals surface area contributed by atoms with Crippen LogP contribution >= 0.6 is 23.1 Å². The molecule has 0 radical (unpaired) electrons. The summed E-state index contributed by atoms with van der Waals surface area (Å²) in [5.41, 5.74) is -2.72. The number of benzene rings is 2. The molecule has 1 aromatic heterocycles. The Morgan fingerprint density at radius 2 is 1.73 bits per heavy atom. The van der Waals surface area contributed by atoms with E-state index < -0.39 is 35.6 Å². The average Bonchev–Trinajstić information content (AvgIpc) is 3.64. The van der Waals surface area contributed by atoms with E-state index in [2.05, 4.69) is 32.3 Å². The summed E-state index contributed by atoms with van der Waals surface area (Å²) in [4.78, 5) is 23.2. The minimum Gasteiger partial charge on any atom is -0.493 e. The zero-order chi connectivity index (χ0) is 31.5. The molecule has 3 aromatic rings. The highest BCUT2D eigenvalue weighted by Gasteiger charge is 2.38. The van der Waals surface area contributed by atoms with Gasteiger partial charge in [0.25, 0.3) is 5.91 Å². The normalized spacial score (nSPS) is 17.3. The van der Waals surface area contributed by atoms with Crippen LogP contribution in [0.1, 0.15) is 27.1 Å². The number of hydrogen-bond donors (Lipinski definition) is 0. The first-order valence-corrected chi connectivity index (χ1v) is 15.2. The molecule has 0 N–H and O–H groups in total. The zero-order valence-electron chi connectivity index (χ0n) is 23.4. The van der Waals surface area contributed by atoms with Gasteiger partial charge in [-0.1, -0.05) is 18.2 Å². The number of aliphatic imine (C=N–C) groups is 1. The van der Waals surface area contributed by atoms with E-state index in [0.29, 0.717) is 21.7 Å². The Morgan fingerprint density at radius 1 is 0.955 bits per heavy atom. The molecule has 3 heterocycles. The number of hydrogen-bond acceptors (Lipinski definition) is 7. The molecule has 0 spiro atoms. The lowest BCUT2D eigenvalue weighted by atomic mass is 10.0. The van der Waals surface area contributed by atoms with E-state index in [1.54, 1.807) is 29.5 Å². The molecule has 1 fully saturated rings. The molecule has 44 heavy (non-hydrogen) atoms. The van der Waals surface area contributed by atoms with Crippen LogP contribution in [0.2, 0.25) is 0 Å². The SMILES string of the molecule is COc1cc(/C=C2\SC(N3CCN(CCc4cccs4)CC3)=NC2=O)ccc1OCc1ccc(C(F)(F)F)cc1C(F)(F)F. The fourth-order valence-electron chi connectivity index (χ4n) is 4.76. The van der Waals surface area contributed by atoms with Gasteiger partial charge < -0.3 is 14.4 Å². The fraction of sp³-hybridized carbons (Fsp3) is 0.333. The van der Waals surface area contributed by atoms with E-state index in [1.165, 1.54) is 29.8 Å². The van der Waals surface area contributed by atoms with Crippen molar-refractivity contribution in [2.45, 2.75) is 25.4 Å². The molecule has 2 aromatic carbocycles. The number of ether oxygens (including phenoxy) is 2. The Kier molecular flexibility index (Phi) is 9.61. The molecule has 2 aliphatic rings. The monoisotopic (exact) mass is 655 g/mol. The molecule has 0 unspecified atom stereocenters. The van der Waals surface area contributed by atoms with E-state index in [4.69, 9.17) is 9.47 Å². The van der Waals surface area contributed by atoms with Crippen LogP contribution in [0.15, 0.2) is 63.8 Å². The predicted octanol–water partition coefficient (Wildman–Crippen LogP) is 7.20. The molecule has 2 aliphatic heterocycles. The van der Waals surface area contributed by atoms with E-state index in [-0.39, 0.29) is 23.5 Å². The first kappa shape index (κ1) is 31.9. The number of halogens is 6. The smallest absolute Gasteiger partial charge is 0.416 e. The summed E-state index contributed by atoms with van der Waals surface area (Å²) in [7, 11) is 1.34. The quantitative estimate of drug-likeness (QED) is 0.189. The van der Waals surface area contributed by atoms with Crippen LogP contribution in [0, 0.1) is 0 Å². The third-order valence-corrected chi connectivity index (χ3v) is 9.10. The van der Waals surface area contributed by atoms with Crippen LogP contribution in [-0.2, 0) is 30.2 Å². The summed E-state index contributed by atoms with van der Waals surface area (Å²) < 4.78 is 90.4. The van der Waals surface area contributed by atoms with E-state index in [0.717, 1.165) is 45.2 Å². The Balaban J connectivity index is 1.21. The number of rotatable bonds is 8. The lowest BCUT2D eigenvalue weighted by molar-refractivity contribution is -0.143. The number of alkyl halides is 6. The maximum absolute atomic E-state index is 13.5. The number of carbonyl (C=O) groups excluding carboxylic acids is 1. The van der Waals surface area contributed by atoms with Crippen LogP contribution in [0.25, 0.3) is 6.08 Å². The fourth-order valence-corrected chi connectivity index (χ4v) is 6.42. The Hall–Kier alpha value is -3.49. The highest BCUT2D eigenvalue weighted by Crippen LogP contribution is 2.39. The summed E-state index contributed by atoms with van der Waals surface area (Å²) in [5.74, 6) is -0.108. The Labute approximate surface area is 258 Å². The molecule has 234 valence electrons. The van der Waals surface area contributed by atoms with Gasteiger partial charge in [-0.05, 0) is 65.5 Å². The number of amidine groups is 1. The lowest BCUT2D eigenvalue weighted by Crippen LogP contribution is -2.48. The second-order valence-corrected chi connectivity index (χ2v) is 12.1. The topological polar surface area (TPSA) is 54.4 Å². The standard InChI is InChI=1S/C30H27F6N3O3S2/c1-41-25-15-19(4-7-24(25)42-18-20-5-6-21(29(31,32)33)17-23(20)30(34,35)36)16-26-27(40)37-28(44-26)39-12-10-38(11-13-39)9-8-22-3-2-14-43-22/h2-7,14-17H,8-13,18H2,1H3/b26-16-.